The molecule has 1 atom stereocenters. The van der Waals surface area contributed by atoms with E-state index in [4.69, 9.17) is 9.84 Å². The lowest BCUT2D eigenvalue weighted by Crippen LogP contribution is -2.53. The van der Waals surface area contributed by atoms with Crippen molar-refractivity contribution in [2.75, 3.05) is 18.4 Å². The van der Waals surface area contributed by atoms with Gasteiger partial charge in [0.15, 0.2) is 0 Å². The Bertz CT molecular complexity index is 579. The fourth-order valence-corrected chi connectivity index (χ4v) is 2.57. The number of carbonyl (C=O) groups excluding carboxylic acids is 1. The third-order valence-electron chi connectivity index (χ3n) is 3.28. The molecule has 19 heavy (non-hydrogen) atoms. The van der Waals surface area contributed by atoms with Crippen LogP contribution in [0.25, 0.3) is 0 Å². The Hall–Kier alpha value is -1.83. The summed E-state index contributed by atoms with van der Waals surface area (Å²) in [5, 5.41) is 11.7. The van der Waals surface area contributed by atoms with Crippen LogP contribution in [0, 0.1) is 0 Å². The molecule has 1 unspecified atom stereocenters. The summed E-state index contributed by atoms with van der Waals surface area (Å²) < 4.78 is 6.28. The van der Waals surface area contributed by atoms with Crippen molar-refractivity contribution in [2.45, 2.75) is 12.0 Å². The molecular formula is C11H10BrN3O4. The van der Waals surface area contributed by atoms with E-state index >= 15 is 0 Å². The zero-order chi connectivity index (χ0) is 13.6. The molecular weight excluding hydrogens is 318 g/mol. The van der Waals surface area contributed by atoms with Crippen molar-refractivity contribution in [3.63, 3.8) is 0 Å². The maximum atomic E-state index is 12.1. The summed E-state index contributed by atoms with van der Waals surface area (Å²) in [7, 11) is 0. The van der Waals surface area contributed by atoms with Gasteiger partial charge in [0.1, 0.15) is 10.3 Å². The fraction of sp³-hybridized carbons (Fsp3) is 0.364. The van der Waals surface area contributed by atoms with Crippen LogP contribution in [0.15, 0.2) is 16.7 Å². The molecule has 1 fully saturated rings. The minimum absolute atomic E-state index is 0.0157. The van der Waals surface area contributed by atoms with Gasteiger partial charge in [-0.25, -0.2) is 9.78 Å². The lowest BCUT2D eigenvalue weighted by atomic mass is 10.0. The molecule has 1 saturated heterocycles. The molecule has 1 spiro atoms. The van der Waals surface area contributed by atoms with Crippen LogP contribution in [0.5, 0.6) is 5.88 Å². The molecule has 0 aromatic carbocycles. The number of hydrogen-bond acceptors (Lipinski definition) is 4. The molecule has 2 N–H and O–H groups in total. The first-order valence-corrected chi connectivity index (χ1v) is 6.44. The summed E-state index contributed by atoms with van der Waals surface area (Å²) in [5.41, 5.74) is -0.674. The van der Waals surface area contributed by atoms with Crippen LogP contribution in [-0.4, -0.2) is 45.7 Å². The number of hydrogen-bond donors (Lipinski definition) is 2. The number of ether oxygens (including phenoxy) is 1. The molecule has 2 amide bonds. The summed E-state index contributed by atoms with van der Waals surface area (Å²) in [4.78, 5) is 28.4. The third kappa shape index (κ3) is 1.92. The number of amides is 2. The predicted octanol–water partition coefficient (Wildman–Crippen LogP) is 1.30. The van der Waals surface area contributed by atoms with E-state index in [-0.39, 0.29) is 19.0 Å². The first kappa shape index (κ1) is 12.2. The Morgan fingerprint density at radius 2 is 2.37 bits per heavy atom. The van der Waals surface area contributed by atoms with E-state index in [1.54, 1.807) is 12.1 Å². The van der Waals surface area contributed by atoms with Gasteiger partial charge in [-0.1, -0.05) is 0 Å². The molecule has 2 aliphatic heterocycles. The Labute approximate surface area is 116 Å². The largest absolute Gasteiger partial charge is 0.465 e. The van der Waals surface area contributed by atoms with E-state index in [1.165, 1.54) is 4.90 Å². The Morgan fingerprint density at radius 1 is 1.58 bits per heavy atom. The van der Waals surface area contributed by atoms with E-state index in [0.717, 1.165) is 0 Å². The van der Waals surface area contributed by atoms with Gasteiger partial charge in [-0.15, -0.1) is 0 Å². The molecule has 100 valence electrons. The van der Waals surface area contributed by atoms with Crippen LogP contribution in [0.1, 0.15) is 6.42 Å². The first-order valence-electron chi connectivity index (χ1n) is 5.65. The first-order chi connectivity index (χ1) is 9.00. The van der Waals surface area contributed by atoms with Crippen molar-refractivity contribution in [2.24, 2.45) is 0 Å². The normalized spacial score (nSPS) is 24.9. The van der Waals surface area contributed by atoms with E-state index in [1.807, 2.05) is 0 Å². The van der Waals surface area contributed by atoms with Crippen molar-refractivity contribution >= 4 is 33.6 Å². The number of aromatic nitrogens is 1. The number of anilines is 1. The summed E-state index contributed by atoms with van der Waals surface area (Å²) in [5.74, 6) is -0.0194. The van der Waals surface area contributed by atoms with Gasteiger partial charge >= 0.3 is 6.09 Å². The third-order valence-corrected chi connectivity index (χ3v) is 3.72. The predicted molar refractivity (Wildman–Crippen MR) is 68.1 cm³/mol. The van der Waals surface area contributed by atoms with Gasteiger partial charge in [0.05, 0.1) is 6.54 Å². The summed E-state index contributed by atoms with van der Waals surface area (Å²) >= 11 is 3.23. The lowest BCUT2D eigenvalue weighted by molar-refractivity contribution is -0.131. The van der Waals surface area contributed by atoms with Crippen LogP contribution in [0.3, 0.4) is 0 Å². The van der Waals surface area contributed by atoms with Gasteiger partial charge in [0.2, 0.25) is 11.5 Å². The van der Waals surface area contributed by atoms with Gasteiger partial charge in [0.25, 0.3) is 5.91 Å². The Kier molecular flexibility index (Phi) is 2.63. The van der Waals surface area contributed by atoms with Crippen LogP contribution in [0.2, 0.25) is 0 Å². The van der Waals surface area contributed by atoms with Gasteiger partial charge in [-0.2, -0.15) is 0 Å². The topological polar surface area (TPSA) is 91.8 Å². The highest BCUT2D eigenvalue weighted by Gasteiger charge is 2.51. The minimum atomic E-state index is -1.17. The highest BCUT2D eigenvalue weighted by molar-refractivity contribution is 9.10. The monoisotopic (exact) mass is 327 g/mol. The van der Waals surface area contributed by atoms with Crippen LogP contribution in [0.4, 0.5) is 10.5 Å². The highest BCUT2D eigenvalue weighted by atomic mass is 79.9. The van der Waals surface area contributed by atoms with E-state index in [0.29, 0.717) is 22.6 Å². The van der Waals surface area contributed by atoms with Crippen molar-refractivity contribution in [1.82, 2.24) is 9.88 Å². The summed E-state index contributed by atoms with van der Waals surface area (Å²) in [6, 6.07) is 3.37. The van der Waals surface area contributed by atoms with Gasteiger partial charge in [-0.05, 0) is 28.1 Å². The zero-order valence-corrected chi connectivity index (χ0v) is 11.3. The number of halogens is 1. The maximum absolute atomic E-state index is 12.1. The highest BCUT2D eigenvalue weighted by Crippen LogP contribution is 2.37. The molecule has 1 aromatic rings. The van der Waals surface area contributed by atoms with E-state index in [9.17, 15) is 9.59 Å². The number of carboxylic acid groups (broad SMARTS) is 1. The van der Waals surface area contributed by atoms with Crippen LogP contribution < -0.4 is 10.1 Å². The number of fused-ring (bicyclic) bond motifs is 1. The molecule has 8 heteroatoms. The molecule has 1 aromatic heterocycles. The quantitative estimate of drug-likeness (QED) is 0.701. The fourth-order valence-electron chi connectivity index (χ4n) is 2.27. The number of carbonyl (C=O) groups is 2. The summed E-state index contributed by atoms with van der Waals surface area (Å²) in [6.45, 7) is 0.286. The van der Waals surface area contributed by atoms with E-state index < -0.39 is 11.7 Å². The van der Waals surface area contributed by atoms with Gasteiger partial charge in [0, 0.05) is 13.0 Å². The van der Waals surface area contributed by atoms with Crippen molar-refractivity contribution in [1.29, 1.82) is 0 Å². The molecule has 3 rings (SSSR count). The molecule has 0 radical (unpaired) electrons. The number of rotatable bonds is 0. The second-order valence-electron chi connectivity index (χ2n) is 4.49. The molecule has 0 saturated carbocycles. The van der Waals surface area contributed by atoms with Crippen LogP contribution in [-0.2, 0) is 4.79 Å². The smallest absolute Gasteiger partial charge is 0.407 e. The maximum Gasteiger partial charge on any atom is 0.407 e. The summed E-state index contributed by atoms with van der Waals surface area (Å²) in [6.07, 6.45) is -0.736. The van der Waals surface area contributed by atoms with Gasteiger partial charge < -0.3 is 20.1 Å². The average molecular weight is 328 g/mol. The lowest BCUT2D eigenvalue weighted by Gasteiger charge is -2.33. The zero-order valence-electron chi connectivity index (χ0n) is 9.72. The van der Waals surface area contributed by atoms with E-state index in [2.05, 4.69) is 26.2 Å². The second kappa shape index (κ2) is 4.09. The number of likely N-dealkylation sites (tertiary alicyclic amines) is 1. The molecule has 3 heterocycles. The standard InChI is InChI=1S/C11H10BrN3O4/c12-7-2-1-6-8(14-7)19-11(9(16)13-6)3-4-15(5-11)10(17)18/h1-2H,3-5H2,(H,13,16)(H,17,18). The number of nitrogens with zero attached hydrogens (tertiary/aromatic N) is 2. The Morgan fingerprint density at radius 3 is 3.05 bits per heavy atom. The second-order valence-corrected chi connectivity index (χ2v) is 5.30. The van der Waals surface area contributed by atoms with Crippen molar-refractivity contribution in [3.05, 3.63) is 16.7 Å². The minimum Gasteiger partial charge on any atom is -0.465 e. The van der Waals surface area contributed by atoms with Crippen molar-refractivity contribution in [3.8, 4) is 5.88 Å². The molecule has 0 aliphatic carbocycles. The molecule has 0 bridgehead atoms. The Balaban J connectivity index is 1.93. The molecule has 7 nitrogen and oxygen atoms in total. The average Bonchev–Trinajstić information content (AvgIpc) is 2.77. The number of nitrogens with one attached hydrogen (secondary N) is 1. The molecule has 2 aliphatic rings. The number of pyridine rings is 1. The van der Waals surface area contributed by atoms with Gasteiger partial charge in [-0.3, -0.25) is 4.79 Å². The van der Waals surface area contributed by atoms with Crippen LogP contribution >= 0.6 is 15.9 Å². The SMILES string of the molecule is O=C(O)N1CCC2(C1)Oc1nc(Br)ccc1NC2=O. The van der Waals surface area contributed by atoms with Crippen molar-refractivity contribution < 1.29 is 19.4 Å².